The molecule has 2 N–H and O–H groups in total. The summed E-state index contributed by atoms with van der Waals surface area (Å²) in [6.45, 7) is 7.86. The minimum Gasteiger partial charge on any atom is -0.447 e. The van der Waals surface area contributed by atoms with Crippen molar-refractivity contribution >= 4 is 6.09 Å². The summed E-state index contributed by atoms with van der Waals surface area (Å²) in [7, 11) is 0. The van der Waals surface area contributed by atoms with Gasteiger partial charge in [-0.1, -0.05) is 0 Å². The van der Waals surface area contributed by atoms with Crippen LogP contribution in [0.3, 0.4) is 0 Å². The fraction of sp³-hybridized carbons (Fsp3) is 0.900. The van der Waals surface area contributed by atoms with Crippen LogP contribution in [0.4, 0.5) is 4.79 Å². The van der Waals surface area contributed by atoms with Crippen LogP contribution in [0.15, 0.2) is 0 Å². The first-order valence-electron chi connectivity index (χ1n) is 5.34. The van der Waals surface area contributed by atoms with Gasteiger partial charge in [-0.25, -0.2) is 10.7 Å². The number of amides is 1. The third kappa shape index (κ3) is 2.84. The third-order valence-electron chi connectivity index (χ3n) is 2.40. The predicted octanol–water partition coefficient (Wildman–Crippen LogP) is 0.859. The number of nitrogens with zero attached hydrogens (tertiary/aromatic N) is 1. The standard InChI is InChI=1S/C10H20N2O4/c1-7(2)16-9(13)12-8(6-15-11)5-14-10(12,3)4/h7-8H,5-6,11H2,1-4H3. The number of hydrogen-bond acceptors (Lipinski definition) is 5. The monoisotopic (exact) mass is 232 g/mol. The lowest BCUT2D eigenvalue weighted by Crippen LogP contribution is -2.50. The first-order chi connectivity index (χ1) is 7.38. The smallest absolute Gasteiger partial charge is 0.412 e. The Kier molecular flexibility index (Phi) is 4.12. The average molecular weight is 232 g/mol. The lowest BCUT2D eigenvalue weighted by Gasteiger charge is -2.32. The van der Waals surface area contributed by atoms with Crippen molar-refractivity contribution < 1.29 is 19.1 Å². The Hall–Kier alpha value is -0.850. The molecule has 0 spiro atoms. The minimum atomic E-state index is -0.685. The summed E-state index contributed by atoms with van der Waals surface area (Å²) in [4.78, 5) is 18.0. The van der Waals surface area contributed by atoms with Crippen molar-refractivity contribution in [3.63, 3.8) is 0 Å². The first-order valence-corrected chi connectivity index (χ1v) is 5.34. The zero-order valence-corrected chi connectivity index (χ0v) is 10.2. The van der Waals surface area contributed by atoms with Crippen LogP contribution in [0.2, 0.25) is 0 Å². The van der Waals surface area contributed by atoms with Crippen LogP contribution in [-0.2, 0) is 14.3 Å². The molecule has 1 atom stereocenters. The van der Waals surface area contributed by atoms with Gasteiger partial charge in [0.2, 0.25) is 0 Å². The number of rotatable bonds is 3. The van der Waals surface area contributed by atoms with Gasteiger partial charge in [0.25, 0.3) is 0 Å². The fourth-order valence-corrected chi connectivity index (χ4v) is 1.74. The molecule has 1 amide bonds. The zero-order chi connectivity index (χ0) is 12.3. The van der Waals surface area contributed by atoms with Gasteiger partial charge in [-0.2, -0.15) is 0 Å². The summed E-state index contributed by atoms with van der Waals surface area (Å²) in [6, 6.07) is -0.203. The molecule has 94 valence electrons. The highest BCUT2D eigenvalue weighted by molar-refractivity contribution is 5.69. The maximum absolute atomic E-state index is 11.9. The minimum absolute atomic E-state index is 0.164. The normalized spacial score (nSPS) is 23.9. The second-order valence-electron chi connectivity index (χ2n) is 4.55. The number of carbonyl (C=O) groups is 1. The molecule has 16 heavy (non-hydrogen) atoms. The summed E-state index contributed by atoms with van der Waals surface area (Å²) in [5, 5.41) is 0. The average Bonchev–Trinajstić information content (AvgIpc) is 2.41. The maximum Gasteiger partial charge on any atom is 0.412 e. The quantitative estimate of drug-likeness (QED) is 0.730. The Morgan fingerprint density at radius 3 is 2.75 bits per heavy atom. The Bertz CT molecular complexity index is 255. The van der Waals surface area contributed by atoms with E-state index in [9.17, 15) is 4.79 Å². The summed E-state index contributed by atoms with van der Waals surface area (Å²) in [5.74, 6) is 5.03. The van der Waals surface area contributed by atoms with Crippen molar-refractivity contribution in [3.8, 4) is 0 Å². The van der Waals surface area contributed by atoms with Crippen molar-refractivity contribution in [2.75, 3.05) is 13.2 Å². The van der Waals surface area contributed by atoms with E-state index in [1.165, 1.54) is 4.90 Å². The van der Waals surface area contributed by atoms with Gasteiger partial charge in [0.15, 0.2) is 0 Å². The third-order valence-corrected chi connectivity index (χ3v) is 2.40. The molecule has 1 rings (SSSR count). The Labute approximate surface area is 95.6 Å². The summed E-state index contributed by atoms with van der Waals surface area (Å²) in [6.07, 6.45) is -0.567. The van der Waals surface area contributed by atoms with E-state index in [1.807, 2.05) is 13.8 Å². The van der Waals surface area contributed by atoms with E-state index in [1.54, 1.807) is 13.8 Å². The highest BCUT2D eigenvalue weighted by atomic mass is 16.6. The number of nitrogens with two attached hydrogens (primary N) is 1. The lowest BCUT2D eigenvalue weighted by atomic mass is 10.2. The zero-order valence-electron chi connectivity index (χ0n) is 10.2. The Morgan fingerprint density at radius 1 is 1.62 bits per heavy atom. The molecule has 0 aromatic carbocycles. The van der Waals surface area contributed by atoms with Gasteiger partial charge < -0.3 is 14.3 Å². The Balaban J connectivity index is 2.74. The molecule has 0 aromatic rings. The summed E-state index contributed by atoms with van der Waals surface area (Å²) >= 11 is 0. The van der Waals surface area contributed by atoms with Gasteiger partial charge in [0, 0.05) is 0 Å². The molecule has 0 radical (unpaired) electrons. The van der Waals surface area contributed by atoms with Crippen molar-refractivity contribution in [2.24, 2.45) is 5.90 Å². The fourth-order valence-electron chi connectivity index (χ4n) is 1.74. The van der Waals surface area contributed by atoms with Gasteiger partial charge in [-0.3, -0.25) is 4.90 Å². The van der Waals surface area contributed by atoms with E-state index in [-0.39, 0.29) is 18.8 Å². The SMILES string of the molecule is CC(C)OC(=O)N1C(CON)COC1(C)C. The van der Waals surface area contributed by atoms with Crippen molar-refractivity contribution in [3.05, 3.63) is 0 Å². The van der Waals surface area contributed by atoms with Gasteiger partial charge >= 0.3 is 6.09 Å². The second kappa shape index (κ2) is 4.99. The largest absolute Gasteiger partial charge is 0.447 e. The molecule has 0 aromatic heterocycles. The molecule has 1 aliphatic heterocycles. The summed E-state index contributed by atoms with van der Waals surface area (Å²) in [5.41, 5.74) is -0.685. The van der Waals surface area contributed by atoms with E-state index >= 15 is 0 Å². The molecule has 6 heteroatoms. The molecular formula is C10H20N2O4. The van der Waals surface area contributed by atoms with Crippen LogP contribution in [0.1, 0.15) is 27.7 Å². The van der Waals surface area contributed by atoms with Crippen molar-refractivity contribution in [1.82, 2.24) is 4.90 Å². The molecular weight excluding hydrogens is 212 g/mol. The van der Waals surface area contributed by atoms with E-state index in [4.69, 9.17) is 15.4 Å². The maximum atomic E-state index is 11.9. The molecule has 6 nitrogen and oxygen atoms in total. The number of hydrogen-bond donors (Lipinski definition) is 1. The summed E-state index contributed by atoms with van der Waals surface area (Å²) < 4.78 is 10.7. The molecule has 1 saturated heterocycles. The van der Waals surface area contributed by atoms with Gasteiger partial charge in [-0.15, -0.1) is 0 Å². The number of ether oxygens (including phenoxy) is 2. The molecule has 0 saturated carbocycles. The topological polar surface area (TPSA) is 74.0 Å². The molecule has 1 unspecified atom stereocenters. The first kappa shape index (κ1) is 13.2. The van der Waals surface area contributed by atoms with E-state index < -0.39 is 11.8 Å². The van der Waals surface area contributed by atoms with Crippen LogP contribution in [0.5, 0.6) is 0 Å². The van der Waals surface area contributed by atoms with E-state index in [0.29, 0.717) is 6.61 Å². The highest BCUT2D eigenvalue weighted by Crippen LogP contribution is 2.28. The van der Waals surface area contributed by atoms with Crippen LogP contribution < -0.4 is 5.90 Å². The molecule has 1 heterocycles. The molecule has 1 aliphatic rings. The van der Waals surface area contributed by atoms with Gasteiger partial charge in [-0.05, 0) is 27.7 Å². The van der Waals surface area contributed by atoms with E-state index in [2.05, 4.69) is 4.84 Å². The van der Waals surface area contributed by atoms with Gasteiger partial charge in [0.05, 0.1) is 25.4 Å². The van der Waals surface area contributed by atoms with Gasteiger partial charge in [0.1, 0.15) is 5.72 Å². The van der Waals surface area contributed by atoms with Crippen molar-refractivity contribution in [2.45, 2.75) is 45.6 Å². The molecule has 0 bridgehead atoms. The van der Waals surface area contributed by atoms with Crippen molar-refractivity contribution in [1.29, 1.82) is 0 Å². The van der Waals surface area contributed by atoms with Crippen LogP contribution in [0.25, 0.3) is 0 Å². The molecule has 1 fully saturated rings. The highest BCUT2D eigenvalue weighted by Gasteiger charge is 2.45. The molecule has 0 aliphatic carbocycles. The van der Waals surface area contributed by atoms with Crippen LogP contribution >= 0.6 is 0 Å². The predicted molar refractivity (Wildman–Crippen MR) is 57.4 cm³/mol. The van der Waals surface area contributed by atoms with Crippen LogP contribution in [-0.4, -0.2) is 42.1 Å². The second-order valence-corrected chi connectivity index (χ2v) is 4.55. The number of carbonyl (C=O) groups excluding carboxylic acids is 1. The Morgan fingerprint density at radius 2 is 2.25 bits per heavy atom. The lowest BCUT2D eigenvalue weighted by molar-refractivity contribution is -0.0550. The van der Waals surface area contributed by atoms with Crippen LogP contribution in [0, 0.1) is 0 Å². The van der Waals surface area contributed by atoms with E-state index in [0.717, 1.165) is 0 Å².